The molecule has 0 N–H and O–H groups in total. The first kappa shape index (κ1) is 25.6. The summed E-state index contributed by atoms with van der Waals surface area (Å²) in [6, 6.07) is 13.8. The second kappa shape index (κ2) is 10.7. The van der Waals surface area contributed by atoms with E-state index < -0.39 is 10.0 Å². The fourth-order valence-electron chi connectivity index (χ4n) is 4.84. The van der Waals surface area contributed by atoms with E-state index in [0.29, 0.717) is 33.2 Å². The highest BCUT2D eigenvalue weighted by Gasteiger charge is 2.31. The summed E-state index contributed by atoms with van der Waals surface area (Å²) in [5.74, 6) is -0.179. The first-order valence-corrected chi connectivity index (χ1v) is 14.6. The average molecular weight is 542 g/mol. The third-order valence-corrected chi connectivity index (χ3v) is 9.79. The Labute approximate surface area is 219 Å². The number of halogens is 1. The predicted octanol–water partition coefficient (Wildman–Crippen LogP) is 6.22. The van der Waals surface area contributed by atoms with Gasteiger partial charge < -0.3 is 4.42 Å². The van der Waals surface area contributed by atoms with Crippen LogP contribution >= 0.6 is 11.3 Å². The van der Waals surface area contributed by atoms with E-state index in [1.54, 1.807) is 22.5 Å². The lowest BCUT2D eigenvalue weighted by atomic mass is 9.95. The second-order valence-corrected chi connectivity index (χ2v) is 12.0. The van der Waals surface area contributed by atoms with Gasteiger partial charge in [0.2, 0.25) is 10.0 Å². The second-order valence-electron chi connectivity index (χ2n) is 9.10. The maximum atomic E-state index is 13.7. The molecule has 0 radical (unpaired) electrons. The van der Waals surface area contributed by atoms with Crippen LogP contribution in [0.5, 0.6) is 0 Å². The van der Waals surface area contributed by atoms with Gasteiger partial charge in [0, 0.05) is 18.2 Å². The zero-order valence-corrected chi connectivity index (χ0v) is 22.1. The number of aromatic nitrogens is 1. The lowest BCUT2D eigenvalue weighted by Crippen LogP contribution is -2.41. The number of hydrogen-bond acceptors (Lipinski definition) is 6. The smallest absolute Gasteiger partial charge is 0.260 e. The Kier molecular flexibility index (Phi) is 7.41. The molecule has 37 heavy (non-hydrogen) atoms. The Bertz CT molecular complexity index is 1480. The normalized spacial score (nSPS) is 14.9. The number of carbonyl (C=O) groups excluding carboxylic acids is 1. The number of rotatable bonds is 8. The third kappa shape index (κ3) is 5.32. The molecule has 1 saturated carbocycles. The van der Waals surface area contributed by atoms with E-state index in [-0.39, 0.29) is 29.2 Å². The lowest BCUT2D eigenvalue weighted by Gasteiger charge is -2.32. The van der Waals surface area contributed by atoms with E-state index in [2.05, 4.69) is 4.98 Å². The zero-order valence-electron chi connectivity index (χ0n) is 20.5. The van der Waals surface area contributed by atoms with Crippen LogP contribution in [0, 0.1) is 5.82 Å². The Balaban J connectivity index is 1.44. The number of amides is 1. The number of thiazole rings is 1. The molecule has 7 nitrogen and oxygen atoms in total. The Morgan fingerprint density at radius 2 is 1.86 bits per heavy atom. The number of fused-ring (bicyclic) bond motifs is 1. The van der Waals surface area contributed by atoms with Gasteiger partial charge >= 0.3 is 0 Å². The minimum Gasteiger partial charge on any atom is -0.467 e. The van der Waals surface area contributed by atoms with Crippen molar-refractivity contribution >= 4 is 42.6 Å². The summed E-state index contributed by atoms with van der Waals surface area (Å²) >= 11 is 1.20. The first-order valence-electron chi connectivity index (χ1n) is 12.4. The average Bonchev–Trinajstić information content (AvgIpc) is 3.57. The molecule has 0 saturated heterocycles. The van der Waals surface area contributed by atoms with Crippen molar-refractivity contribution in [3.63, 3.8) is 0 Å². The van der Waals surface area contributed by atoms with Crippen LogP contribution in [0.4, 0.5) is 9.52 Å². The number of nitrogens with zero attached hydrogens (tertiary/aromatic N) is 3. The number of anilines is 1. The van der Waals surface area contributed by atoms with Gasteiger partial charge in [-0.2, -0.15) is 4.31 Å². The highest BCUT2D eigenvalue weighted by Crippen LogP contribution is 2.32. The molecule has 1 aliphatic rings. The number of benzene rings is 2. The number of furan rings is 1. The Morgan fingerprint density at radius 1 is 1.11 bits per heavy atom. The van der Waals surface area contributed by atoms with Gasteiger partial charge in [0.1, 0.15) is 11.6 Å². The van der Waals surface area contributed by atoms with Crippen LogP contribution < -0.4 is 4.90 Å². The van der Waals surface area contributed by atoms with Crippen molar-refractivity contribution in [2.75, 3.05) is 11.4 Å². The molecular formula is C27H28FN3O4S2. The number of hydrogen-bond donors (Lipinski definition) is 0. The molecule has 1 aliphatic carbocycles. The summed E-state index contributed by atoms with van der Waals surface area (Å²) in [5, 5.41) is 0.396. The summed E-state index contributed by atoms with van der Waals surface area (Å²) in [7, 11) is -3.68. The molecule has 2 aromatic carbocycles. The van der Waals surface area contributed by atoms with Gasteiger partial charge in [-0.3, -0.25) is 9.69 Å². The molecule has 1 amide bonds. The Hall–Kier alpha value is -3.08. The summed E-state index contributed by atoms with van der Waals surface area (Å²) < 4.78 is 48.2. The van der Waals surface area contributed by atoms with E-state index in [0.717, 1.165) is 32.1 Å². The topological polar surface area (TPSA) is 83.7 Å². The number of sulfonamides is 1. The van der Waals surface area contributed by atoms with Crippen molar-refractivity contribution in [2.24, 2.45) is 0 Å². The van der Waals surface area contributed by atoms with Crippen LogP contribution in [0.1, 0.15) is 55.1 Å². The highest BCUT2D eigenvalue weighted by molar-refractivity contribution is 7.89. The van der Waals surface area contributed by atoms with Crippen molar-refractivity contribution in [2.45, 2.75) is 56.5 Å². The van der Waals surface area contributed by atoms with Crippen LogP contribution in [0.3, 0.4) is 0 Å². The molecule has 0 atom stereocenters. The quantitative estimate of drug-likeness (QED) is 0.265. The van der Waals surface area contributed by atoms with Gasteiger partial charge in [0.25, 0.3) is 5.91 Å². The van der Waals surface area contributed by atoms with Crippen molar-refractivity contribution in [3.05, 3.63) is 78.0 Å². The predicted molar refractivity (Wildman–Crippen MR) is 142 cm³/mol. The van der Waals surface area contributed by atoms with Gasteiger partial charge in [0.05, 0.1) is 27.9 Å². The molecule has 0 aliphatic heterocycles. The standard InChI is InChI=1S/C27H28FN3O4S2/c1-2-31(21-7-4-3-5-8-21)37(33,34)23-13-10-19(11-14-23)26(32)30(18-22-9-6-16-35-22)27-29-24-15-12-20(28)17-25(24)36-27/h6,9-17,21H,2-5,7-8,18H2,1H3. The Morgan fingerprint density at radius 3 is 2.54 bits per heavy atom. The molecule has 4 aromatic rings. The molecule has 0 bridgehead atoms. The van der Waals surface area contributed by atoms with E-state index in [1.165, 1.54) is 58.9 Å². The molecule has 2 heterocycles. The lowest BCUT2D eigenvalue weighted by molar-refractivity contribution is 0.0983. The fraction of sp³-hybridized carbons (Fsp3) is 0.333. The van der Waals surface area contributed by atoms with Crippen LogP contribution in [0.25, 0.3) is 10.2 Å². The molecule has 194 valence electrons. The third-order valence-electron chi connectivity index (χ3n) is 6.71. The number of carbonyl (C=O) groups is 1. The molecule has 0 unspecified atom stereocenters. The van der Waals surface area contributed by atoms with Gasteiger partial charge in [-0.05, 0) is 67.4 Å². The maximum absolute atomic E-state index is 13.7. The maximum Gasteiger partial charge on any atom is 0.260 e. The first-order chi connectivity index (χ1) is 17.9. The van der Waals surface area contributed by atoms with Crippen molar-refractivity contribution in [1.82, 2.24) is 9.29 Å². The summed E-state index contributed by atoms with van der Waals surface area (Å²) in [5.41, 5.74) is 0.902. The fourth-order valence-corrected chi connectivity index (χ4v) is 7.52. The summed E-state index contributed by atoms with van der Waals surface area (Å²) in [6.07, 6.45) is 6.48. The zero-order chi connectivity index (χ0) is 26.0. The van der Waals surface area contributed by atoms with Crippen LogP contribution in [0.2, 0.25) is 0 Å². The van der Waals surface area contributed by atoms with E-state index >= 15 is 0 Å². The molecule has 1 fully saturated rings. The summed E-state index contributed by atoms with van der Waals surface area (Å²) in [6.45, 7) is 2.39. The van der Waals surface area contributed by atoms with Gasteiger partial charge in [-0.15, -0.1) is 0 Å². The van der Waals surface area contributed by atoms with Crippen LogP contribution in [-0.4, -0.2) is 36.2 Å². The van der Waals surface area contributed by atoms with Crippen molar-refractivity contribution in [3.8, 4) is 0 Å². The van der Waals surface area contributed by atoms with E-state index in [9.17, 15) is 17.6 Å². The monoisotopic (exact) mass is 541 g/mol. The minimum absolute atomic E-state index is 0.0118. The molecule has 0 spiro atoms. The molecule has 10 heteroatoms. The van der Waals surface area contributed by atoms with E-state index in [1.807, 2.05) is 6.92 Å². The van der Waals surface area contributed by atoms with Gasteiger partial charge in [-0.25, -0.2) is 17.8 Å². The highest BCUT2D eigenvalue weighted by atomic mass is 32.2. The van der Waals surface area contributed by atoms with Gasteiger partial charge in [0.15, 0.2) is 5.13 Å². The largest absolute Gasteiger partial charge is 0.467 e. The minimum atomic E-state index is -3.68. The van der Waals surface area contributed by atoms with Crippen LogP contribution in [-0.2, 0) is 16.6 Å². The molecular weight excluding hydrogens is 513 g/mol. The molecule has 5 rings (SSSR count). The van der Waals surface area contributed by atoms with Crippen molar-refractivity contribution in [1.29, 1.82) is 0 Å². The molecule has 2 aromatic heterocycles. The van der Waals surface area contributed by atoms with Gasteiger partial charge in [-0.1, -0.05) is 37.5 Å². The van der Waals surface area contributed by atoms with Crippen LogP contribution in [0.15, 0.2) is 70.2 Å². The van der Waals surface area contributed by atoms with E-state index in [4.69, 9.17) is 4.42 Å². The van der Waals surface area contributed by atoms with Crippen molar-refractivity contribution < 1.29 is 22.0 Å². The SMILES string of the molecule is CCN(C1CCCCC1)S(=O)(=O)c1ccc(C(=O)N(Cc2ccco2)c2nc3ccc(F)cc3s2)cc1. The summed E-state index contributed by atoms with van der Waals surface area (Å²) in [4.78, 5) is 19.8.